The van der Waals surface area contributed by atoms with E-state index in [4.69, 9.17) is 6.57 Å². The maximum absolute atomic E-state index is 17.6. The number of hydrogen-bond donors (Lipinski definition) is 0. The number of alkyl halides is 4. The summed E-state index contributed by atoms with van der Waals surface area (Å²) in [6, 6.07) is 46.7. The fraction of sp³-hybridized carbons (Fsp3) is 0.185. The highest BCUT2D eigenvalue weighted by Crippen LogP contribution is 2.65. The third-order valence-corrected chi connectivity index (χ3v) is 13.2. The molecule has 0 saturated carbocycles. The van der Waals surface area contributed by atoms with Gasteiger partial charge in [-0.3, -0.25) is 0 Å². The second-order valence-electron chi connectivity index (χ2n) is 17.4. The Morgan fingerprint density at radius 3 is 1.32 bits per heavy atom. The van der Waals surface area contributed by atoms with Crippen LogP contribution in [0, 0.1) is 17.9 Å². The Kier molecular flexibility index (Phi) is 8.60. The van der Waals surface area contributed by atoms with E-state index in [2.05, 4.69) is 38.6 Å². The molecule has 0 fully saturated rings. The van der Waals surface area contributed by atoms with Crippen molar-refractivity contribution in [2.45, 2.75) is 63.2 Å². The average molecular weight is 821 g/mol. The van der Waals surface area contributed by atoms with Crippen LogP contribution >= 0.6 is 0 Å². The van der Waals surface area contributed by atoms with Crippen LogP contribution in [0.3, 0.4) is 0 Å². The lowest BCUT2D eigenvalue weighted by Crippen LogP contribution is -2.35. The van der Waals surface area contributed by atoms with E-state index < -0.39 is 69.3 Å². The summed E-state index contributed by atoms with van der Waals surface area (Å²) in [5, 5.41) is 11.4. The van der Waals surface area contributed by atoms with E-state index in [0.29, 0.717) is 22.7 Å². The van der Waals surface area contributed by atoms with Gasteiger partial charge in [-0.2, -0.15) is 5.26 Å². The molecule has 0 saturated heterocycles. The van der Waals surface area contributed by atoms with Crippen LogP contribution in [0.4, 0.5) is 57.4 Å². The first-order valence-corrected chi connectivity index (χ1v) is 20.7. The van der Waals surface area contributed by atoms with Crippen molar-refractivity contribution in [3.8, 4) is 28.3 Å². The molecule has 304 valence electrons. The third kappa shape index (κ3) is 5.42. The molecular weight excluding hydrogens is 781 g/mol. The van der Waals surface area contributed by atoms with Crippen LogP contribution in [-0.2, 0) is 22.7 Å². The molecule has 0 aliphatic heterocycles. The fourth-order valence-corrected chi connectivity index (χ4v) is 10.6. The predicted octanol–water partition coefficient (Wildman–Crippen LogP) is 15.6. The molecule has 0 unspecified atom stereocenters. The predicted molar refractivity (Wildman–Crippen MR) is 239 cm³/mol. The summed E-state index contributed by atoms with van der Waals surface area (Å²) in [6.45, 7) is 17.1. The molecule has 0 bridgehead atoms. The first-order chi connectivity index (χ1) is 29.7. The maximum Gasteiger partial charge on any atom is 0.276 e. The molecule has 3 aliphatic carbocycles. The zero-order valence-electron chi connectivity index (χ0n) is 34.6. The lowest BCUT2D eigenvalue weighted by molar-refractivity contribution is -0.0948. The Labute approximate surface area is 358 Å². The number of halogens is 4. The first-order valence-electron chi connectivity index (χ1n) is 20.7. The van der Waals surface area contributed by atoms with Gasteiger partial charge in [0.1, 0.15) is 0 Å². The van der Waals surface area contributed by atoms with E-state index in [9.17, 15) is 5.26 Å². The minimum Gasteiger partial charge on any atom is -0.319 e. The Balaban J connectivity index is 1.37. The Hall–Kier alpha value is -7.16. The van der Waals surface area contributed by atoms with Gasteiger partial charge in [0, 0.05) is 46.3 Å². The van der Waals surface area contributed by atoms with E-state index >= 15 is 17.6 Å². The van der Waals surface area contributed by atoms with Gasteiger partial charge in [0.15, 0.2) is 0 Å². The van der Waals surface area contributed by atoms with Crippen molar-refractivity contribution in [3.05, 3.63) is 196 Å². The molecule has 0 radical (unpaired) electrons. The average Bonchev–Trinajstić information content (AvgIpc) is 3.66. The summed E-state index contributed by atoms with van der Waals surface area (Å²) in [6.07, 6.45) is -2.33. The van der Waals surface area contributed by atoms with Crippen LogP contribution in [-0.4, -0.2) is 0 Å². The van der Waals surface area contributed by atoms with Crippen molar-refractivity contribution in [3.63, 3.8) is 0 Å². The number of benzene rings is 7. The molecule has 7 aromatic rings. The summed E-state index contributed by atoms with van der Waals surface area (Å²) >= 11 is 0. The quantitative estimate of drug-likeness (QED) is 0.124. The Morgan fingerprint density at radius 1 is 0.500 bits per heavy atom. The lowest BCUT2D eigenvalue weighted by atomic mass is 9.78. The lowest BCUT2D eigenvalue weighted by Gasteiger charge is -2.42. The van der Waals surface area contributed by atoms with Crippen molar-refractivity contribution >= 4 is 39.8 Å². The molecule has 4 nitrogen and oxygen atoms in total. The summed E-state index contributed by atoms with van der Waals surface area (Å²) in [7, 11) is 0. The molecule has 0 heterocycles. The molecule has 62 heavy (non-hydrogen) atoms. The molecule has 0 amide bonds. The minimum atomic E-state index is -3.85. The number of rotatable bonds is 6. The number of anilines is 6. The zero-order chi connectivity index (χ0) is 43.3. The monoisotopic (exact) mass is 820 g/mol. The molecule has 7 aromatic carbocycles. The van der Waals surface area contributed by atoms with E-state index in [-0.39, 0.29) is 0 Å². The van der Waals surface area contributed by atoms with Crippen LogP contribution in [0.2, 0.25) is 0 Å². The largest absolute Gasteiger partial charge is 0.319 e. The summed E-state index contributed by atoms with van der Waals surface area (Å²) in [4.78, 5) is 7.01. The molecule has 0 spiro atoms. The fourth-order valence-electron chi connectivity index (χ4n) is 10.6. The Morgan fingerprint density at radius 2 is 0.887 bits per heavy atom. The van der Waals surface area contributed by atoms with Crippen molar-refractivity contribution in [1.29, 1.82) is 5.26 Å². The van der Waals surface area contributed by atoms with Crippen LogP contribution in [0.5, 0.6) is 0 Å². The van der Waals surface area contributed by atoms with Gasteiger partial charge in [-0.15, -0.1) is 0 Å². The topological polar surface area (TPSA) is 34.6 Å². The highest BCUT2D eigenvalue weighted by molar-refractivity contribution is 6.02. The SMILES string of the molecule is [C-]#[N+]c1c(C#N)c(N(c2ccccc2)c2cccc3c2C(C)(C)c2ccccc2-3)c2c(c1N(c1ccccc1)c1cccc3c1C(C)(C)c1ccccc1-3)C(F)(F)CCC2(F)F. The minimum absolute atomic E-state index is 0.375. The van der Waals surface area contributed by atoms with Gasteiger partial charge in [-0.25, -0.2) is 22.4 Å². The molecule has 0 N–H and O–H groups in total. The molecular formula is C54H40F4N4. The smallest absolute Gasteiger partial charge is 0.276 e. The summed E-state index contributed by atoms with van der Waals surface area (Å²) < 4.78 is 70.4. The van der Waals surface area contributed by atoms with Gasteiger partial charge in [0.05, 0.1) is 40.8 Å². The van der Waals surface area contributed by atoms with Crippen molar-refractivity contribution < 1.29 is 17.6 Å². The van der Waals surface area contributed by atoms with E-state index in [1.165, 1.54) is 9.80 Å². The number of para-hydroxylation sites is 2. The number of nitriles is 1. The zero-order valence-corrected chi connectivity index (χ0v) is 34.6. The molecule has 3 aliphatic rings. The van der Waals surface area contributed by atoms with Gasteiger partial charge in [-0.1, -0.05) is 137 Å². The molecule has 8 heteroatoms. The van der Waals surface area contributed by atoms with Gasteiger partial charge >= 0.3 is 0 Å². The van der Waals surface area contributed by atoms with E-state index in [1.54, 1.807) is 72.8 Å². The molecule has 10 rings (SSSR count). The number of hydrogen-bond acceptors (Lipinski definition) is 3. The summed E-state index contributed by atoms with van der Waals surface area (Å²) in [5.74, 6) is -7.71. The summed E-state index contributed by atoms with van der Waals surface area (Å²) in [5.41, 5.74) is 3.98. The van der Waals surface area contributed by atoms with Crippen LogP contribution in [0.15, 0.2) is 146 Å². The second-order valence-corrected chi connectivity index (χ2v) is 17.4. The third-order valence-electron chi connectivity index (χ3n) is 13.2. The number of nitrogens with zero attached hydrogens (tertiary/aromatic N) is 4. The van der Waals surface area contributed by atoms with E-state index in [1.807, 2.05) is 72.8 Å². The number of fused-ring (bicyclic) bond motifs is 7. The van der Waals surface area contributed by atoms with Gasteiger partial charge in [0.25, 0.3) is 11.8 Å². The van der Waals surface area contributed by atoms with Crippen LogP contribution in [0.1, 0.15) is 79.5 Å². The highest BCUT2D eigenvalue weighted by Gasteiger charge is 2.56. The highest BCUT2D eigenvalue weighted by atomic mass is 19.3. The maximum atomic E-state index is 17.6. The van der Waals surface area contributed by atoms with E-state index in [0.717, 1.165) is 44.5 Å². The Bertz CT molecular complexity index is 2860. The normalized spacial score (nSPS) is 16.4. The van der Waals surface area contributed by atoms with Crippen LogP contribution < -0.4 is 9.80 Å². The van der Waals surface area contributed by atoms with Crippen molar-refractivity contribution in [2.75, 3.05) is 9.80 Å². The van der Waals surface area contributed by atoms with Crippen molar-refractivity contribution in [2.24, 2.45) is 0 Å². The molecule has 0 atom stereocenters. The van der Waals surface area contributed by atoms with Gasteiger partial charge in [-0.05, 0) is 80.9 Å². The standard InChI is InChI=1S/C54H40F4N4/c1-51(2)40-26-14-12-22-35(40)37-24-16-28-42(44(37)51)61(33-18-8-6-9-19-33)49-39(32-59)48(60-5)50(47-46(49)53(55,56)30-31-54(47,57)58)62(34-20-10-7-11-21-34)43-29-17-25-38-36-23-13-15-27-41(36)52(3,4)45(38)43/h6-29H,30-31H2,1-4H3. The molecule has 0 aromatic heterocycles. The first kappa shape index (κ1) is 39.0. The van der Waals surface area contributed by atoms with Crippen molar-refractivity contribution in [1.82, 2.24) is 0 Å². The van der Waals surface area contributed by atoms with Gasteiger partial charge in [0.2, 0.25) is 5.69 Å². The van der Waals surface area contributed by atoms with Gasteiger partial charge < -0.3 is 9.80 Å². The second kappa shape index (κ2) is 13.7. The van der Waals surface area contributed by atoms with Crippen LogP contribution in [0.25, 0.3) is 27.1 Å².